The zero-order chi connectivity index (χ0) is 34.8. The van der Waals surface area contributed by atoms with Crippen LogP contribution in [0.1, 0.15) is 39.9 Å². The highest BCUT2D eigenvalue weighted by Gasteiger charge is 2.39. The molecule has 15 heteroatoms. The first-order chi connectivity index (χ1) is 23.3. The smallest absolute Gasteiger partial charge is 0.377 e. The Morgan fingerprint density at radius 3 is 2.51 bits per heavy atom. The number of carbonyl (C=O) groups excluding carboxylic acids is 2. The fourth-order valence-corrected chi connectivity index (χ4v) is 6.39. The predicted octanol–water partition coefficient (Wildman–Crippen LogP) is 5.35. The highest BCUT2D eigenvalue weighted by molar-refractivity contribution is 6.10. The molecular weight excluding hydrogens is 649 g/mol. The van der Waals surface area contributed by atoms with Gasteiger partial charge in [0.2, 0.25) is 11.7 Å². The monoisotopic (exact) mass is 679 g/mol. The van der Waals surface area contributed by atoms with E-state index in [1.807, 2.05) is 6.92 Å². The summed E-state index contributed by atoms with van der Waals surface area (Å²) in [6.07, 6.45) is 0.728. The van der Waals surface area contributed by atoms with Gasteiger partial charge in [0.25, 0.3) is 0 Å². The summed E-state index contributed by atoms with van der Waals surface area (Å²) >= 11 is 0. The minimum absolute atomic E-state index is 0.00231. The zero-order valence-electron chi connectivity index (χ0n) is 26.6. The van der Waals surface area contributed by atoms with Gasteiger partial charge in [0.15, 0.2) is 5.65 Å². The van der Waals surface area contributed by atoms with E-state index in [0.29, 0.717) is 37.3 Å². The van der Waals surface area contributed by atoms with Crippen LogP contribution >= 0.6 is 0 Å². The number of likely N-dealkylation sites (N-methyl/N-ethyl adjacent to an activating group) is 1. The van der Waals surface area contributed by atoms with E-state index >= 15 is 8.78 Å². The lowest BCUT2D eigenvalue weighted by atomic mass is 9.94. The summed E-state index contributed by atoms with van der Waals surface area (Å²) in [4.78, 5) is 27.9. The summed E-state index contributed by atoms with van der Waals surface area (Å²) in [5.41, 5.74) is -0.652. The molecule has 0 unspecified atom stereocenters. The number of pyridine rings is 2. The van der Waals surface area contributed by atoms with Gasteiger partial charge in [-0.3, -0.25) is 14.0 Å². The van der Waals surface area contributed by atoms with Gasteiger partial charge in [-0.1, -0.05) is 12.1 Å². The van der Waals surface area contributed by atoms with Crippen molar-refractivity contribution in [2.24, 2.45) is 0 Å². The van der Waals surface area contributed by atoms with Crippen LogP contribution in [0.15, 0.2) is 54.9 Å². The lowest BCUT2D eigenvalue weighted by molar-refractivity contribution is -0.137. The predicted molar refractivity (Wildman–Crippen MR) is 171 cm³/mol. The van der Waals surface area contributed by atoms with Gasteiger partial charge in [-0.05, 0) is 50.1 Å². The Hall–Kier alpha value is -5.15. The molecule has 7 rings (SSSR count). The highest BCUT2D eigenvalue weighted by Crippen LogP contribution is 2.47. The molecule has 1 aromatic carbocycles. The van der Waals surface area contributed by atoms with E-state index in [4.69, 9.17) is 4.74 Å². The number of alkyl halides is 3. The number of halogens is 5. The number of hydrogen-bond donors (Lipinski definition) is 2. The second-order valence-electron chi connectivity index (χ2n) is 12.5. The number of nitrogens with zero attached hydrogens (tertiary/aromatic N) is 5. The molecule has 2 N–H and O–H groups in total. The first-order valence-corrected chi connectivity index (χ1v) is 15.4. The SMILES string of the molecule is Cc1nnc2c3c(c(C(F)(F)F)cn12)-c1cccn2c(C(=O)c4cc(F)c(NC(=O)/C=C/CNC5(C)COC5)c(F)c4)cc(c12)CCN3C. The second-order valence-corrected chi connectivity index (χ2v) is 12.5. The van der Waals surface area contributed by atoms with Crippen LogP contribution in [0.3, 0.4) is 0 Å². The summed E-state index contributed by atoms with van der Waals surface area (Å²) in [7, 11) is 1.67. The number of aromatic nitrogens is 4. The number of rotatable bonds is 7. The molecule has 0 spiro atoms. The number of ketones is 1. The van der Waals surface area contributed by atoms with Gasteiger partial charge in [0.05, 0.1) is 41.2 Å². The van der Waals surface area contributed by atoms with Crippen LogP contribution < -0.4 is 15.5 Å². The summed E-state index contributed by atoms with van der Waals surface area (Å²) in [6, 6.07) is 6.23. The zero-order valence-corrected chi connectivity index (χ0v) is 26.6. The normalized spacial score (nSPS) is 15.7. The molecule has 0 atom stereocenters. The molecule has 254 valence electrons. The van der Waals surface area contributed by atoms with Crippen LogP contribution in [0.25, 0.3) is 22.3 Å². The minimum Gasteiger partial charge on any atom is -0.377 e. The largest absolute Gasteiger partial charge is 0.418 e. The molecule has 1 fully saturated rings. The van der Waals surface area contributed by atoms with E-state index in [-0.39, 0.29) is 51.6 Å². The standard InChI is InChI=1S/C34H30F5N7O3/c1-18-42-43-32-30-27(22(15-46(18)32)34(37,38)39)21-6-5-10-45-25(14-19(29(21)45)8-11-44(30)3)31(48)20-12-23(35)28(24(36)13-20)41-26(47)7-4-9-40-33(2)16-49-17-33/h4-7,10,12-15,40H,8-9,11,16-17H2,1-3H3,(H,41,47)/b7-4+. The van der Waals surface area contributed by atoms with E-state index in [1.165, 1.54) is 33.2 Å². The van der Waals surface area contributed by atoms with Crippen molar-refractivity contribution in [2.45, 2.75) is 32.0 Å². The van der Waals surface area contributed by atoms with Crippen LogP contribution in [0, 0.1) is 18.6 Å². The maximum atomic E-state index is 15.2. The number of ether oxygens (including phenoxy) is 1. The molecule has 2 aliphatic rings. The minimum atomic E-state index is -4.75. The van der Waals surface area contributed by atoms with Crippen molar-refractivity contribution in [3.05, 3.63) is 94.7 Å². The maximum absolute atomic E-state index is 15.2. The van der Waals surface area contributed by atoms with Gasteiger partial charge in [-0.25, -0.2) is 8.78 Å². The van der Waals surface area contributed by atoms with Gasteiger partial charge in [0.1, 0.15) is 23.1 Å². The topological polar surface area (TPSA) is 105 Å². The second kappa shape index (κ2) is 11.8. The van der Waals surface area contributed by atoms with Gasteiger partial charge in [0, 0.05) is 55.3 Å². The lowest BCUT2D eigenvalue weighted by Gasteiger charge is -2.38. The quantitative estimate of drug-likeness (QED) is 0.136. The fourth-order valence-electron chi connectivity index (χ4n) is 6.39. The molecule has 1 saturated heterocycles. The molecular formula is C34H30F5N7O3. The van der Waals surface area contributed by atoms with E-state index in [0.717, 1.165) is 24.4 Å². The van der Waals surface area contributed by atoms with E-state index in [1.54, 1.807) is 24.9 Å². The van der Waals surface area contributed by atoms with E-state index < -0.39 is 40.8 Å². The highest BCUT2D eigenvalue weighted by atomic mass is 19.4. The van der Waals surface area contributed by atoms with Crippen molar-refractivity contribution in [3.8, 4) is 11.1 Å². The molecule has 10 nitrogen and oxygen atoms in total. The average molecular weight is 680 g/mol. The molecule has 6 heterocycles. The molecule has 5 aromatic rings. The van der Waals surface area contributed by atoms with E-state index in [9.17, 15) is 22.8 Å². The number of aryl methyl sites for hydroxylation is 1. The van der Waals surface area contributed by atoms with Crippen molar-refractivity contribution in [3.63, 3.8) is 0 Å². The van der Waals surface area contributed by atoms with Crippen molar-refractivity contribution < 1.29 is 36.3 Å². The number of benzene rings is 1. The van der Waals surface area contributed by atoms with Crippen molar-refractivity contribution in [1.82, 2.24) is 24.3 Å². The van der Waals surface area contributed by atoms with Crippen LogP contribution in [0.4, 0.5) is 33.3 Å². The average Bonchev–Trinajstić information content (AvgIpc) is 3.60. The first kappa shape index (κ1) is 32.4. The Labute approximate surface area is 276 Å². The molecule has 49 heavy (non-hydrogen) atoms. The van der Waals surface area contributed by atoms with E-state index in [2.05, 4.69) is 20.8 Å². The van der Waals surface area contributed by atoms with Gasteiger partial charge >= 0.3 is 6.18 Å². The van der Waals surface area contributed by atoms with Gasteiger partial charge in [-0.15, -0.1) is 10.2 Å². The van der Waals surface area contributed by atoms with Crippen LogP contribution in [-0.4, -0.2) is 69.6 Å². The van der Waals surface area contributed by atoms with Crippen LogP contribution in [0.2, 0.25) is 0 Å². The number of carbonyl (C=O) groups is 2. The Morgan fingerprint density at radius 1 is 1.10 bits per heavy atom. The summed E-state index contributed by atoms with van der Waals surface area (Å²) in [5.74, 6) is -3.58. The third-order valence-corrected chi connectivity index (χ3v) is 8.93. The molecule has 4 aromatic heterocycles. The van der Waals surface area contributed by atoms with Crippen molar-refractivity contribution in [2.75, 3.05) is 43.6 Å². The number of anilines is 2. The summed E-state index contributed by atoms with van der Waals surface area (Å²) in [5, 5.41) is 13.6. The molecule has 0 saturated carbocycles. The molecule has 1 amide bonds. The fraction of sp³-hybridized carbons (Fsp3) is 0.294. The van der Waals surface area contributed by atoms with Gasteiger partial charge in [-0.2, -0.15) is 13.2 Å². The maximum Gasteiger partial charge on any atom is 0.418 e. The van der Waals surface area contributed by atoms with Crippen molar-refractivity contribution >= 4 is 34.2 Å². The Morgan fingerprint density at radius 2 is 1.84 bits per heavy atom. The first-order valence-electron chi connectivity index (χ1n) is 15.4. The number of amides is 1. The molecule has 2 aliphatic heterocycles. The van der Waals surface area contributed by atoms with Crippen molar-refractivity contribution in [1.29, 1.82) is 0 Å². The van der Waals surface area contributed by atoms with Gasteiger partial charge < -0.3 is 24.7 Å². The summed E-state index contributed by atoms with van der Waals surface area (Å²) < 4.78 is 82.4. The van der Waals surface area contributed by atoms with Crippen LogP contribution in [-0.2, 0) is 22.1 Å². The Kier molecular flexibility index (Phi) is 7.78. The van der Waals surface area contributed by atoms with Crippen LogP contribution in [0.5, 0.6) is 0 Å². The number of fused-ring (bicyclic) bond motifs is 4. The summed E-state index contributed by atoms with van der Waals surface area (Å²) in [6.45, 7) is 5.20. The molecule has 0 radical (unpaired) electrons. The number of nitrogens with one attached hydrogen (secondary N) is 2. The Bertz CT molecular complexity index is 2180. The molecule has 0 bridgehead atoms. The Balaban J connectivity index is 1.25. The third-order valence-electron chi connectivity index (χ3n) is 8.93. The number of hydrogen-bond acceptors (Lipinski definition) is 7. The molecule has 0 aliphatic carbocycles. The third kappa shape index (κ3) is 5.61. The lowest BCUT2D eigenvalue weighted by Crippen LogP contribution is -2.58.